The molecule has 2 N–H and O–H groups in total. The second-order valence-electron chi connectivity index (χ2n) is 4.42. The standard InChI is InChI=1S/C12H21N3S/c1-13-6-3-5-11-9-15-12(16-11)10-4-2-7-14-8-10/h9-10,13-14H,2-8H2,1H3. The fourth-order valence-corrected chi connectivity index (χ4v) is 3.22. The van der Waals surface area contributed by atoms with Crippen LogP contribution in [0.2, 0.25) is 0 Å². The largest absolute Gasteiger partial charge is 0.320 e. The van der Waals surface area contributed by atoms with E-state index in [2.05, 4.69) is 21.8 Å². The van der Waals surface area contributed by atoms with Gasteiger partial charge in [-0.05, 0) is 45.8 Å². The molecule has 16 heavy (non-hydrogen) atoms. The fraction of sp³-hybridized carbons (Fsp3) is 0.750. The Bertz CT molecular complexity index is 305. The van der Waals surface area contributed by atoms with Crippen LogP contribution in [0.4, 0.5) is 0 Å². The summed E-state index contributed by atoms with van der Waals surface area (Å²) >= 11 is 1.91. The molecular formula is C12H21N3S. The highest BCUT2D eigenvalue weighted by Gasteiger charge is 2.18. The van der Waals surface area contributed by atoms with Crippen LogP contribution in [0.1, 0.15) is 35.1 Å². The smallest absolute Gasteiger partial charge is 0.0971 e. The Morgan fingerprint density at radius 2 is 2.56 bits per heavy atom. The summed E-state index contributed by atoms with van der Waals surface area (Å²) in [7, 11) is 2.01. The van der Waals surface area contributed by atoms with Crippen molar-refractivity contribution < 1.29 is 0 Å². The number of thiazole rings is 1. The Morgan fingerprint density at radius 3 is 3.31 bits per heavy atom. The highest BCUT2D eigenvalue weighted by atomic mass is 32.1. The molecule has 0 bridgehead atoms. The molecule has 1 atom stereocenters. The van der Waals surface area contributed by atoms with E-state index in [0.29, 0.717) is 5.92 Å². The van der Waals surface area contributed by atoms with E-state index in [-0.39, 0.29) is 0 Å². The summed E-state index contributed by atoms with van der Waals surface area (Å²) in [4.78, 5) is 6.02. The van der Waals surface area contributed by atoms with Gasteiger partial charge in [0.05, 0.1) is 5.01 Å². The summed E-state index contributed by atoms with van der Waals surface area (Å²) in [5.41, 5.74) is 0. The summed E-state index contributed by atoms with van der Waals surface area (Å²) in [5.74, 6) is 0.664. The van der Waals surface area contributed by atoms with Gasteiger partial charge in [-0.2, -0.15) is 0 Å². The third-order valence-electron chi connectivity index (χ3n) is 3.07. The molecule has 2 heterocycles. The predicted octanol–water partition coefficient (Wildman–Crippen LogP) is 1.76. The SMILES string of the molecule is CNCCCc1cnc(C2CCCNC2)s1. The van der Waals surface area contributed by atoms with Crippen LogP contribution in [-0.2, 0) is 6.42 Å². The number of rotatable bonds is 5. The fourth-order valence-electron chi connectivity index (χ4n) is 2.13. The second-order valence-corrected chi connectivity index (χ2v) is 5.56. The summed E-state index contributed by atoms with van der Waals surface area (Å²) in [5, 5.41) is 7.97. The lowest BCUT2D eigenvalue weighted by Gasteiger charge is -2.20. The molecule has 1 aliphatic heterocycles. The molecule has 1 aliphatic rings. The van der Waals surface area contributed by atoms with Gasteiger partial charge in [0.1, 0.15) is 0 Å². The van der Waals surface area contributed by atoms with Crippen molar-refractivity contribution in [2.75, 3.05) is 26.7 Å². The van der Waals surface area contributed by atoms with Gasteiger partial charge in [0, 0.05) is 23.5 Å². The number of nitrogens with zero attached hydrogens (tertiary/aromatic N) is 1. The number of aryl methyl sites for hydroxylation is 1. The third-order valence-corrected chi connectivity index (χ3v) is 4.29. The zero-order valence-corrected chi connectivity index (χ0v) is 10.8. The van der Waals surface area contributed by atoms with Crippen molar-refractivity contribution >= 4 is 11.3 Å². The molecule has 4 heteroatoms. The summed E-state index contributed by atoms with van der Waals surface area (Å²) in [6.07, 6.45) is 7.04. The molecule has 1 fully saturated rings. The normalized spacial score (nSPS) is 21.2. The van der Waals surface area contributed by atoms with Crippen molar-refractivity contribution in [1.82, 2.24) is 15.6 Å². The van der Waals surface area contributed by atoms with E-state index in [1.807, 2.05) is 18.4 Å². The number of piperidine rings is 1. The maximum atomic E-state index is 4.58. The second kappa shape index (κ2) is 6.33. The Kier molecular flexibility index (Phi) is 4.75. The average Bonchev–Trinajstić information content (AvgIpc) is 2.79. The Labute approximate surface area is 102 Å². The number of nitrogens with one attached hydrogen (secondary N) is 2. The Balaban J connectivity index is 1.85. The van der Waals surface area contributed by atoms with Crippen LogP contribution < -0.4 is 10.6 Å². The highest BCUT2D eigenvalue weighted by Crippen LogP contribution is 2.27. The minimum atomic E-state index is 0.664. The zero-order valence-electron chi connectivity index (χ0n) is 9.96. The van der Waals surface area contributed by atoms with Crippen LogP contribution in [0.5, 0.6) is 0 Å². The first-order valence-corrected chi connectivity index (χ1v) is 7.01. The van der Waals surface area contributed by atoms with Crippen molar-refractivity contribution in [2.45, 2.75) is 31.6 Å². The van der Waals surface area contributed by atoms with Crippen LogP contribution in [0.15, 0.2) is 6.20 Å². The van der Waals surface area contributed by atoms with E-state index < -0.39 is 0 Å². The van der Waals surface area contributed by atoms with Crippen molar-refractivity contribution in [3.8, 4) is 0 Å². The number of hydrogen-bond donors (Lipinski definition) is 2. The molecule has 0 aliphatic carbocycles. The lowest BCUT2D eigenvalue weighted by molar-refractivity contribution is 0.460. The summed E-state index contributed by atoms with van der Waals surface area (Å²) < 4.78 is 0. The van der Waals surface area contributed by atoms with E-state index in [0.717, 1.165) is 13.1 Å². The van der Waals surface area contributed by atoms with Gasteiger partial charge in [-0.15, -0.1) is 11.3 Å². The van der Waals surface area contributed by atoms with Gasteiger partial charge >= 0.3 is 0 Å². The zero-order chi connectivity index (χ0) is 11.2. The van der Waals surface area contributed by atoms with E-state index in [1.54, 1.807) is 0 Å². The van der Waals surface area contributed by atoms with E-state index >= 15 is 0 Å². The molecular weight excluding hydrogens is 218 g/mol. The van der Waals surface area contributed by atoms with Gasteiger partial charge in [0.2, 0.25) is 0 Å². The average molecular weight is 239 g/mol. The van der Waals surface area contributed by atoms with Crippen LogP contribution >= 0.6 is 11.3 Å². The van der Waals surface area contributed by atoms with E-state index in [1.165, 1.54) is 42.1 Å². The topological polar surface area (TPSA) is 37.0 Å². The van der Waals surface area contributed by atoms with Gasteiger partial charge in [-0.1, -0.05) is 0 Å². The van der Waals surface area contributed by atoms with Crippen molar-refractivity contribution in [3.63, 3.8) is 0 Å². The van der Waals surface area contributed by atoms with Crippen LogP contribution in [0.3, 0.4) is 0 Å². The minimum absolute atomic E-state index is 0.664. The first-order valence-electron chi connectivity index (χ1n) is 6.20. The molecule has 2 rings (SSSR count). The lowest BCUT2D eigenvalue weighted by Crippen LogP contribution is -2.28. The quantitative estimate of drug-likeness (QED) is 0.769. The lowest BCUT2D eigenvalue weighted by atomic mass is 10.0. The maximum absolute atomic E-state index is 4.58. The molecule has 3 nitrogen and oxygen atoms in total. The molecule has 1 unspecified atom stereocenters. The van der Waals surface area contributed by atoms with Gasteiger partial charge < -0.3 is 10.6 Å². The molecule has 0 saturated carbocycles. The molecule has 0 amide bonds. The highest BCUT2D eigenvalue weighted by molar-refractivity contribution is 7.11. The monoisotopic (exact) mass is 239 g/mol. The van der Waals surface area contributed by atoms with Crippen molar-refractivity contribution in [3.05, 3.63) is 16.1 Å². The van der Waals surface area contributed by atoms with Crippen molar-refractivity contribution in [1.29, 1.82) is 0 Å². The molecule has 0 spiro atoms. The molecule has 90 valence electrons. The van der Waals surface area contributed by atoms with E-state index in [4.69, 9.17) is 0 Å². The Hall–Kier alpha value is -0.450. The minimum Gasteiger partial charge on any atom is -0.320 e. The predicted molar refractivity (Wildman–Crippen MR) is 69.2 cm³/mol. The number of hydrogen-bond acceptors (Lipinski definition) is 4. The van der Waals surface area contributed by atoms with Crippen molar-refractivity contribution in [2.24, 2.45) is 0 Å². The molecule has 0 radical (unpaired) electrons. The molecule has 1 aromatic heterocycles. The van der Waals surface area contributed by atoms with Gasteiger partial charge in [-0.25, -0.2) is 4.98 Å². The van der Waals surface area contributed by atoms with Crippen LogP contribution in [-0.4, -0.2) is 31.7 Å². The van der Waals surface area contributed by atoms with E-state index in [9.17, 15) is 0 Å². The first-order chi connectivity index (χ1) is 7.90. The van der Waals surface area contributed by atoms with Crippen LogP contribution in [0, 0.1) is 0 Å². The third kappa shape index (κ3) is 3.27. The summed E-state index contributed by atoms with van der Waals surface area (Å²) in [6, 6.07) is 0. The van der Waals surface area contributed by atoms with Gasteiger partial charge in [0.25, 0.3) is 0 Å². The molecule has 1 saturated heterocycles. The van der Waals surface area contributed by atoms with Gasteiger partial charge in [-0.3, -0.25) is 0 Å². The summed E-state index contributed by atoms with van der Waals surface area (Å²) in [6.45, 7) is 3.39. The maximum Gasteiger partial charge on any atom is 0.0971 e. The molecule has 1 aromatic rings. The Morgan fingerprint density at radius 1 is 1.62 bits per heavy atom. The van der Waals surface area contributed by atoms with Gasteiger partial charge in [0.15, 0.2) is 0 Å². The number of aromatic nitrogens is 1. The first kappa shape index (κ1) is 12.0. The van der Waals surface area contributed by atoms with Crippen LogP contribution in [0.25, 0.3) is 0 Å². The molecule has 0 aromatic carbocycles.